The van der Waals surface area contributed by atoms with E-state index in [2.05, 4.69) is 4.74 Å². The number of rotatable bonds is 6. The lowest BCUT2D eigenvalue weighted by atomic mass is 9.98. The molecule has 0 saturated heterocycles. The minimum absolute atomic E-state index is 0.0377. The topological polar surface area (TPSA) is 60.7 Å². The van der Waals surface area contributed by atoms with Crippen LogP contribution in [0.3, 0.4) is 0 Å². The van der Waals surface area contributed by atoms with Crippen LogP contribution in [0.1, 0.15) is 22.9 Å². The average molecular weight is 416 g/mol. The second-order valence-corrected chi connectivity index (χ2v) is 6.56. The maximum Gasteiger partial charge on any atom is 0.330 e. The Morgan fingerprint density at radius 2 is 1.97 bits per heavy atom. The van der Waals surface area contributed by atoms with Gasteiger partial charge < -0.3 is 19.1 Å². The van der Waals surface area contributed by atoms with Crippen LogP contribution in [0.2, 0.25) is 5.02 Å². The molecule has 29 heavy (non-hydrogen) atoms. The van der Waals surface area contributed by atoms with E-state index in [1.165, 1.54) is 32.4 Å². The molecule has 3 aromatic rings. The van der Waals surface area contributed by atoms with Crippen molar-refractivity contribution in [1.29, 1.82) is 0 Å². The van der Waals surface area contributed by atoms with Crippen molar-refractivity contribution in [3.8, 4) is 11.4 Å². The number of aromatic nitrogens is 1. The molecular formula is C22H19ClFNO4. The van der Waals surface area contributed by atoms with Gasteiger partial charge >= 0.3 is 5.97 Å². The lowest BCUT2D eigenvalue weighted by molar-refractivity contribution is -0.134. The SMILES string of the molecule is COC(=O)C=Cc1cccn1-c1ccc(Cl)cc1C(O)c1cccc(F)c1OC. The molecule has 0 aliphatic heterocycles. The Bertz CT molecular complexity index is 1060. The molecule has 3 rings (SSSR count). The summed E-state index contributed by atoms with van der Waals surface area (Å²) in [5.74, 6) is -1.10. The van der Waals surface area contributed by atoms with Gasteiger partial charge in [-0.25, -0.2) is 9.18 Å². The van der Waals surface area contributed by atoms with Gasteiger partial charge in [0.25, 0.3) is 0 Å². The van der Waals surface area contributed by atoms with Crippen molar-refractivity contribution in [2.45, 2.75) is 6.10 Å². The van der Waals surface area contributed by atoms with Crippen LogP contribution in [0, 0.1) is 5.82 Å². The highest BCUT2D eigenvalue weighted by Crippen LogP contribution is 2.36. The molecular weight excluding hydrogens is 397 g/mol. The highest BCUT2D eigenvalue weighted by Gasteiger charge is 2.22. The van der Waals surface area contributed by atoms with E-state index in [4.69, 9.17) is 16.3 Å². The molecule has 5 nitrogen and oxygen atoms in total. The first-order valence-electron chi connectivity index (χ1n) is 8.70. The Kier molecular flexibility index (Phi) is 6.36. The number of esters is 1. The first-order chi connectivity index (χ1) is 14.0. The zero-order chi connectivity index (χ0) is 21.0. The Morgan fingerprint density at radius 3 is 2.69 bits per heavy atom. The van der Waals surface area contributed by atoms with Crippen LogP contribution in [0.15, 0.2) is 60.8 Å². The number of carbonyl (C=O) groups is 1. The molecule has 1 aromatic heterocycles. The molecule has 7 heteroatoms. The van der Waals surface area contributed by atoms with Crippen molar-refractivity contribution in [2.24, 2.45) is 0 Å². The number of ether oxygens (including phenoxy) is 2. The lowest BCUT2D eigenvalue weighted by Gasteiger charge is -2.20. The Balaban J connectivity index is 2.12. The molecule has 1 N–H and O–H groups in total. The molecule has 1 heterocycles. The normalized spacial score (nSPS) is 12.2. The fraction of sp³-hybridized carbons (Fsp3) is 0.136. The monoisotopic (exact) mass is 415 g/mol. The lowest BCUT2D eigenvalue weighted by Crippen LogP contribution is -2.09. The third-order valence-corrected chi connectivity index (χ3v) is 4.65. The van der Waals surface area contributed by atoms with Crippen molar-refractivity contribution in [1.82, 2.24) is 4.57 Å². The standard InChI is InChI=1S/C22H19ClFNO4/c1-28-20(26)11-9-15-5-4-12-25(15)19-10-8-14(23)13-17(19)21(27)16-6-3-7-18(24)22(16)29-2/h3-13,21,27H,1-2H3. The number of halogens is 2. The number of para-hydroxylation sites is 1. The van der Waals surface area contributed by atoms with Gasteiger partial charge in [0.05, 0.1) is 19.9 Å². The number of hydrogen-bond acceptors (Lipinski definition) is 4. The number of aliphatic hydroxyl groups excluding tert-OH is 1. The number of nitrogens with zero attached hydrogens (tertiary/aromatic N) is 1. The van der Waals surface area contributed by atoms with E-state index >= 15 is 0 Å². The second-order valence-electron chi connectivity index (χ2n) is 6.13. The molecule has 1 unspecified atom stereocenters. The Morgan fingerprint density at radius 1 is 1.17 bits per heavy atom. The summed E-state index contributed by atoms with van der Waals surface area (Å²) >= 11 is 6.18. The van der Waals surface area contributed by atoms with Gasteiger partial charge in [0, 0.05) is 34.1 Å². The van der Waals surface area contributed by atoms with E-state index in [0.29, 0.717) is 22.0 Å². The number of methoxy groups -OCH3 is 2. The Hall–Kier alpha value is -3.09. The summed E-state index contributed by atoms with van der Waals surface area (Å²) in [5, 5.41) is 11.5. The van der Waals surface area contributed by atoms with Crippen LogP contribution < -0.4 is 4.74 Å². The molecule has 0 fully saturated rings. The van der Waals surface area contributed by atoms with Crippen LogP contribution in [0.25, 0.3) is 11.8 Å². The maximum atomic E-state index is 14.1. The first-order valence-corrected chi connectivity index (χ1v) is 9.07. The molecule has 2 aromatic carbocycles. The highest BCUT2D eigenvalue weighted by atomic mass is 35.5. The number of benzene rings is 2. The van der Waals surface area contributed by atoms with Gasteiger partial charge in [0.1, 0.15) is 6.10 Å². The van der Waals surface area contributed by atoms with E-state index in [-0.39, 0.29) is 11.3 Å². The predicted octanol–water partition coefficient (Wildman–Crippen LogP) is 4.55. The molecule has 1 atom stereocenters. The minimum atomic E-state index is -1.20. The summed E-state index contributed by atoms with van der Waals surface area (Å²) in [7, 11) is 2.64. The van der Waals surface area contributed by atoms with Crippen LogP contribution in [-0.4, -0.2) is 29.9 Å². The summed E-state index contributed by atoms with van der Waals surface area (Å²) < 4.78 is 25.7. The summed E-state index contributed by atoms with van der Waals surface area (Å²) in [6.07, 6.45) is 3.47. The average Bonchev–Trinajstić information content (AvgIpc) is 3.19. The second kappa shape index (κ2) is 8.94. The minimum Gasteiger partial charge on any atom is -0.493 e. The van der Waals surface area contributed by atoms with Gasteiger partial charge in [-0.3, -0.25) is 0 Å². The van der Waals surface area contributed by atoms with Crippen molar-refractivity contribution >= 4 is 23.6 Å². The van der Waals surface area contributed by atoms with Gasteiger partial charge in [-0.15, -0.1) is 0 Å². The molecule has 0 aliphatic carbocycles. The molecule has 150 valence electrons. The fourth-order valence-electron chi connectivity index (χ4n) is 3.06. The van der Waals surface area contributed by atoms with Gasteiger partial charge in [-0.05, 0) is 42.5 Å². The van der Waals surface area contributed by atoms with E-state index in [9.17, 15) is 14.3 Å². The molecule has 0 bridgehead atoms. The third-order valence-electron chi connectivity index (χ3n) is 4.41. The van der Waals surface area contributed by atoms with E-state index in [0.717, 1.165) is 0 Å². The maximum absolute atomic E-state index is 14.1. The van der Waals surface area contributed by atoms with Crippen LogP contribution in [0.5, 0.6) is 5.75 Å². The van der Waals surface area contributed by atoms with Gasteiger partial charge in [-0.1, -0.05) is 23.7 Å². The smallest absolute Gasteiger partial charge is 0.330 e. The largest absolute Gasteiger partial charge is 0.493 e. The molecule has 0 spiro atoms. The van der Waals surface area contributed by atoms with Crippen LogP contribution in [0.4, 0.5) is 4.39 Å². The highest BCUT2D eigenvalue weighted by molar-refractivity contribution is 6.30. The van der Waals surface area contributed by atoms with Gasteiger partial charge in [0.2, 0.25) is 0 Å². The third kappa shape index (κ3) is 4.34. The van der Waals surface area contributed by atoms with E-state index in [1.807, 2.05) is 0 Å². The van der Waals surface area contributed by atoms with Crippen molar-refractivity contribution in [3.05, 3.63) is 88.5 Å². The van der Waals surface area contributed by atoms with E-state index in [1.54, 1.807) is 53.2 Å². The summed E-state index contributed by atoms with van der Waals surface area (Å²) in [6.45, 7) is 0. The van der Waals surface area contributed by atoms with Crippen molar-refractivity contribution < 1.29 is 23.8 Å². The summed E-state index contributed by atoms with van der Waals surface area (Å²) in [4.78, 5) is 11.4. The zero-order valence-electron chi connectivity index (χ0n) is 15.8. The van der Waals surface area contributed by atoms with Gasteiger partial charge in [0.15, 0.2) is 11.6 Å². The van der Waals surface area contributed by atoms with E-state index < -0.39 is 17.9 Å². The van der Waals surface area contributed by atoms with Crippen LogP contribution in [-0.2, 0) is 9.53 Å². The first kappa shape index (κ1) is 20.6. The fourth-order valence-corrected chi connectivity index (χ4v) is 3.24. The molecule has 0 amide bonds. The molecule has 0 radical (unpaired) electrons. The summed E-state index contributed by atoms with van der Waals surface area (Å²) in [5.41, 5.74) is 2.01. The van der Waals surface area contributed by atoms with Gasteiger partial charge in [-0.2, -0.15) is 0 Å². The zero-order valence-corrected chi connectivity index (χ0v) is 16.6. The Labute approximate surface area is 172 Å². The number of aliphatic hydroxyl groups is 1. The van der Waals surface area contributed by atoms with Crippen LogP contribution >= 0.6 is 11.6 Å². The van der Waals surface area contributed by atoms with Crippen molar-refractivity contribution in [3.63, 3.8) is 0 Å². The predicted molar refractivity (Wildman–Crippen MR) is 109 cm³/mol. The summed E-state index contributed by atoms with van der Waals surface area (Å²) in [6, 6.07) is 13.0. The quantitative estimate of drug-likeness (QED) is 0.474. The number of carbonyl (C=O) groups excluding carboxylic acids is 1. The molecule has 0 saturated carbocycles. The van der Waals surface area contributed by atoms with Crippen molar-refractivity contribution in [2.75, 3.05) is 14.2 Å². The molecule has 0 aliphatic rings. The number of hydrogen-bond donors (Lipinski definition) is 1.